The van der Waals surface area contributed by atoms with Gasteiger partial charge < -0.3 is 5.73 Å². The molecule has 1 aliphatic rings. The van der Waals surface area contributed by atoms with Gasteiger partial charge in [0.1, 0.15) is 0 Å². The van der Waals surface area contributed by atoms with E-state index >= 15 is 0 Å². The summed E-state index contributed by atoms with van der Waals surface area (Å²) in [6, 6.07) is 16.9. The number of nitriles is 1. The highest BCUT2D eigenvalue weighted by atomic mass is 32.2. The van der Waals surface area contributed by atoms with E-state index in [1.807, 2.05) is 36.4 Å². The van der Waals surface area contributed by atoms with E-state index in [1.165, 1.54) is 13.8 Å². The number of nitrogens with two attached hydrogens (primary N) is 1. The largest absolute Gasteiger partial charge is 0.367 e. The maximum absolute atomic E-state index is 12.4. The highest BCUT2D eigenvalue weighted by molar-refractivity contribution is 7.87. The fraction of sp³-hybridized carbons (Fsp3) is 0.364. The van der Waals surface area contributed by atoms with Crippen molar-refractivity contribution in [2.75, 3.05) is 0 Å². The monoisotopic (exact) mass is 412 g/mol. The fourth-order valence-corrected chi connectivity index (χ4v) is 4.69. The zero-order chi connectivity index (χ0) is 21.2. The minimum Gasteiger partial charge on any atom is -0.367 e. The Bertz CT molecular complexity index is 1040. The van der Waals surface area contributed by atoms with E-state index < -0.39 is 32.8 Å². The first-order chi connectivity index (χ1) is 13.7. The number of carbonyl (C=O) groups excluding carboxylic acids is 1. The van der Waals surface area contributed by atoms with Crippen molar-refractivity contribution in [2.24, 2.45) is 5.73 Å². The molecular formula is C22H24N2O4S. The van der Waals surface area contributed by atoms with Gasteiger partial charge in [-0.3, -0.25) is 8.98 Å². The molecule has 1 saturated carbocycles. The molecule has 2 atom stereocenters. The van der Waals surface area contributed by atoms with E-state index in [2.05, 4.69) is 6.07 Å². The summed E-state index contributed by atoms with van der Waals surface area (Å²) in [5, 5.41) is 8.16. The smallest absolute Gasteiger partial charge is 0.270 e. The number of carbonyl (C=O) groups is 1. The van der Waals surface area contributed by atoms with Gasteiger partial charge >= 0.3 is 0 Å². The molecule has 0 aromatic heterocycles. The summed E-state index contributed by atoms with van der Waals surface area (Å²) in [5.41, 5.74) is 7.43. The normalized spacial score (nSPS) is 21.8. The average molecular weight is 413 g/mol. The second-order valence-electron chi connectivity index (χ2n) is 7.63. The third-order valence-electron chi connectivity index (χ3n) is 5.52. The number of hydrogen-bond acceptors (Lipinski definition) is 5. The molecule has 29 heavy (non-hydrogen) atoms. The molecule has 2 unspecified atom stereocenters. The second kappa shape index (κ2) is 7.97. The summed E-state index contributed by atoms with van der Waals surface area (Å²) in [6.45, 7) is 3.03. The standard InChI is InChI=1S/C22H24N2O4S/c1-15(2)29(26,27)28-22(21(24)25)13-3-4-20(22)19-11-9-18(10-12-19)17-7-5-16(14-23)6-8-17/h5-12,15,20H,3-4,13H2,1-2H3,(H2,24,25). The zero-order valence-electron chi connectivity index (χ0n) is 16.5. The van der Waals surface area contributed by atoms with E-state index in [1.54, 1.807) is 12.1 Å². The van der Waals surface area contributed by atoms with E-state index in [4.69, 9.17) is 15.2 Å². The van der Waals surface area contributed by atoms with Crippen molar-refractivity contribution in [3.05, 3.63) is 59.7 Å². The van der Waals surface area contributed by atoms with Gasteiger partial charge in [-0.15, -0.1) is 0 Å². The van der Waals surface area contributed by atoms with Gasteiger partial charge in [-0.1, -0.05) is 36.4 Å². The molecule has 0 heterocycles. The quantitative estimate of drug-likeness (QED) is 0.731. The maximum Gasteiger partial charge on any atom is 0.270 e. The third-order valence-corrected chi connectivity index (χ3v) is 7.21. The maximum atomic E-state index is 12.4. The SMILES string of the molecule is CC(C)S(=O)(=O)OC1(C(N)=O)CCCC1c1ccc(-c2ccc(C#N)cc2)cc1. The van der Waals surface area contributed by atoms with E-state index in [0.717, 1.165) is 16.7 Å². The van der Waals surface area contributed by atoms with Crippen LogP contribution in [0.1, 0.15) is 50.2 Å². The van der Waals surface area contributed by atoms with Crippen molar-refractivity contribution in [3.8, 4) is 17.2 Å². The molecule has 2 aromatic rings. The molecule has 0 bridgehead atoms. The van der Waals surface area contributed by atoms with Crippen molar-refractivity contribution < 1.29 is 17.4 Å². The zero-order valence-corrected chi connectivity index (χ0v) is 17.3. The van der Waals surface area contributed by atoms with E-state index in [9.17, 15) is 13.2 Å². The van der Waals surface area contributed by atoms with Gasteiger partial charge in [-0.05, 0) is 61.9 Å². The Kier molecular flexibility index (Phi) is 5.78. The molecule has 7 heteroatoms. The Morgan fingerprint density at radius 2 is 1.69 bits per heavy atom. The van der Waals surface area contributed by atoms with Crippen molar-refractivity contribution in [1.29, 1.82) is 5.26 Å². The molecule has 0 aliphatic heterocycles. The summed E-state index contributed by atoms with van der Waals surface area (Å²) in [6.07, 6.45) is 1.54. The average Bonchev–Trinajstić information content (AvgIpc) is 3.12. The number of rotatable bonds is 6. The lowest BCUT2D eigenvalue weighted by Gasteiger charge is -2.32. The van der Waals surface area contributed by atoms with Crippen LogP contribution < -0.4 is 5.73 Å². The van der Waals surface area contributed by atoms with Gasteiger partial charge in [-0.25, -0.2) is 0 Å². The highest BCUT2D eigenvalue weighted by Crippen LogP contribution is 2.46. The van der Waals surface area contributed by atoms with Crippen LogP contribution in [0.5, 0.6) is 0 Å². The number of primary amides is 1. The molecule has 6 nitrogen and oxygen atoms in total. The Hall–Kier alpha value is -2.69. The molecule has 2 aromatic carbocycles. The van der Waals surface area contributed by atoms with Crippen LogP contribution in [0.2, 0.25) is 0 Å². The van der Waals surface area contributed by atoms with E-state index in [-0.39, 0.29) is 6.42 Å². The molecular weight excluding hydrogens is 388 g/mol. The van der Waals surface area contributed by atoms with E-state index in [0.29, 0.717) is 18.4 Å². The van der Waals surface area contributed by atoms with Crippen LogP contribution in [0.3, 0.4) is 0 Å². The minimum atomic E-state index is -3.91. The predicted molar refractivity (Wildman–Crippen MR) is 110 cm³/mol. The number of amides is 1. The van der Waals surface area contributed by atoms with Gasteiger partial charge in [0.25, 0.3) is 16.0 Å². The van der Waals surface area contributed by atoms with Gasteiger partial charge in [0, 0.05) is 5.92 Å². The van der Waals surface area contributed by atoms with Crippen LogP contribution >= 0.6 is 0 Å². The fourth-order valence-electron chi connectivity index (χ4n) is 3.80. The van der Waals surface area contributed by atoms with Crippen LogP contribution in [0.15, 0.2) is 48.5 Å². The first-order valence-corrected chi connectivity index (χ1v) is 11.0. The summed E-state index contributed by atoms with van der Waals surface area (Å²) in [7, 11) is -3.91. The molecule has 0 radical (unpaired) electrons. The van der Waals surface area contributed by atoms with Crippen LogP contribution in [-0.2, 0) is 19.1 Å². The molecule has 0 spiro atoms. The van der Waals surface area contributed by atoms with Crippen LogP contribution in [-0.4, -0.2) is 25.2 Å². The lowest BCUT2D eigenvalue weighted by molar-refractivity contribution is -0.134. The topological polar surface area (TPSA) is 110 Å². The second-order valence-corrected chi connectivity index (χ2v) is 9.73. The predicted octanol–water partition coefficient (Wildman–Crippen LogP) is 3.47. The molecule has 1 amide bonds. The van der Waals surface area contributed by atoms with Crippen molar-refractivity contribution in [3.63, 3.8) is 0 Å². The summed E-state index contributed by atoms with van der Waals surface area (Å²) >= 11 is 0. The highest BCUT2D eigenvalue weighted by Gasteiger charge is 2.53. The molecule has 0 saturated heterocycles. The lowest BCUT2D eigenvalue weighted by atomic mass is 9.84. The van der Waals surface area contributed by atoms with Crippen LogP contribution in [0.4, 0.5) is 0 Å². The summed E-state index contributed by atoms with van der Waals surface area (Å²) in [4.78, 5) is 12.4. The van der Waals surface area contributed by atoms with Crippen molar-refractivity contribution in [2.45, 2.75) is 49.9 Å². The Balaban J connectivity index is 1.93. The Morgan fingerprint density at radius 1 is 1.14 bits per heavy atom. The van der Waals surface area contributed by atoms with Gasteiger partial charge in [0.05, 0.1) is 16.9 Å². The van der Waals surface area contributed by atoms with Crippen molar-refractivity contribution in [1.82, 2.24) is 0 Å². The third kappa shape index (κ3) is 4.04. The first kappa shape index (κ1) is 21.0. The summed E-state index contributed by atoms with van der Waals surface area (Å²) < 4.78 is 30.3. The molecule has 2 N–H and O–H groups in total. The molecule has 1 fully saturated rings. The number of hydrogen-bond donors (Lipinski definition) is 1. The number of nitrogens with zero attached hydrogens (tertiary/aromatic N) is 1. The minimum absolute atomic E-state index is 0.274. The van der Waals surface area contributed by atoms with Crippen molar-refractivity contribution >= 4 is 16.0 Å². The van der Waals surface area contributed by atoms with Gasteiger partial charge in [0.2, 0.25) is 0 Å². The Labute approximate surface area is 171 Å². The summed E-state index contributed by atoms with van der Waals surface area (Å²) in [5.74, 6) is -1.18. The van der Waals surface area contributed by atoms with Crippen LogP contribution in [0.25, 0.3) is 11.1 Å². The molecule has 152 valence electrons. The lowest BCUT2D eigenvalue weighted by Crippen LogP contribution is -2.50. The van der Waals surface area contributed by atoms with Crippen LogP contribution in [0, 0.1) is 11.3 Å². The molecule has 3 rings (SSSR count). The van der Waals surface area contributed by atoms with Gasteiger partial charge in [-0.2, -0.15) is 13.7 Å². The number of benzene rings is 2. The Morgan fingerprint density at radius 3 is 2.17 bits per heavy atom. The van der Waals surface area contributed by atoms with Gasteiger partial charge in [0.15, 0.2) is 5.60 Å². The molecule has 1 aliphatic carbocycles. The first-order valence-electron chi connectivity index (χ1n) is 9.54.